The zero-order valence-corrected chi connectivity index (χ0v) is 11.4. The highest BCUT2D eigenvalue weighted by atomic mass is 32.1. The van der Waals surface area contributed by atoms with Crippen LogP contribution in [0.1, 0.15) is 15.4 Å². The molecule has 3 aromatic rings. The Morgan fingerprint density at radius 1 is 1.32 bits per heavy atom. The fourth-order valence-electron chi connectivity index (χ4n) is 1.94. The maximum absolute atomic E-state index is 12.1. The van der Waals surface area contributed by atoms with E-state index in [0.717, 1.165) is 15.9 Å². The minimum atomic E-state index is -0.165. The molecule has 3 rings (SSSR count). The van der Waals surface area contributed by atoms with Crippen LogP contribution in [0, 0.1) is 6.92 Å². The van der Waals surface area contributed by atoms with Gasteiger partial charge in [0, 0.05) is 29.7 Å². The summed E-state index contributed by atoms with van der Waals surface area (Å²) in [5, 5.41) is 12.9. The van der Waals surface area contributed by atoms with Gasteiger partial charge in [-0.15, -0.1) is 10.2 Å². The Balaban J connectivity index is 1.89. The quantitative estimate of drug-likeness (QED) is 0.780. The van der Waals surface area contributed by atoms with Gasteiger partial charge in [-0.1, -0.05) is 11.3 Å². The van der Waals surface area contributed by atoms with E-state index < -0.39 is 0 Å². The van der Waals surface area contributed by atoms with Gasteiger partial charge in [0.2, 0.25) is 5.13 Å². The molecule has 2 heterocycles. The molecule has 0 unspecified atom stereocenters. The van der Waals surface area contributed by atoms with E-state index in [9.17, 15) is 4.79 Å². The second-order valence-electron chi connectivity index (χ2n) is 4.28. The Kier molecular flexibility index (Phi) is 2.79. The van der Waals surface area contributed by atoms with Crippen LogP contribution in [0.5, 0.6) is 0 Å². The summed E-state index contributed by atoms with van der Waals surface area (Å²) in [6, 6.07) is 7.61. The zero-order chi connectivity index (χ0) is 13.4. The first-order valence-electron chi connectivity index (χ1n) is 5.80. The molecule has 5 nitrogen and oxygen atoms in total. The van der Waals surface area contributed by atoms with Crippen molar-refractivity contribution in [3.63, 3.8) is 0 Å². The number of aromatic nitrogens is 3. The van der Waals surface area contributed by atoms with Crippen LogP contribution in [0.2, 0.25) is 0 Å². The van der Waals surface area contributed by atoms with Crippen molar-refractivity contribution < 1.29 is 4.79 Å². The maximum Gasteiger partial charge on any atom is 0.257 e. The molecule has 0 radical (unpaired) electrons. The summed E-state index contributed by atoms with van der Waals surface area (Å²) >= 11 is 1.36. The summed E-state index contributed by atoms with van der Waals surface area (Å²) in [5.41, 5.74) is 1.72. The number of benzene rings is 1. The number of rotatable bonds is 2. The Bertz CT molecular complexity index is 759. The topological polar surface area (TPSA) is 59.8 Å². The Labute approximate surface area is 113 Å². The molecule has 6 heteroatoms. The molecule has 0 aliphatic heterocycles. The van der Waals surface area contributed by atoms with Crippen molar-refractivity contribution in [3.8, 4) is 0 Å². The van der Waals surface area contributed by atoms with Crippen LogP contribution in [0.3, 0.4) is 0 Å². The van der Waals surface area contributed by atoms with E-state index in [4.69, 9.17) is 0 Å². The summed E-state index contributed by atoms with van der Waals surface area (Å²) in [5.74, 6) is -0.165. The molecule has 0 fully saturated rings. The van der Waals surface area contributed by atoms with Crippen LogP contribution < -0.4 is 5.32 Å². The third-order valence-electron chi connectivity index (χ3n) is 2.89. The zero-order valence-electron chi connectivity index (χ0n) is 10.5. The van der Waals surface area contributed by atoms with Gasteiger partial charge < -0.3 is 4.57 Å². The number of carbonyl (C=O) groups excluding carboxylic acids is 1. The minimum Gasteiger partial charge on any atom is -0.351 e. The van der Waals surface area contributed by atoms with Crippen molar-refractivity contribution in [1.82, 2.24) is 14.8 Å². The number of hydrogen-bond acceptors (Lipinski definition) is 4. The molecule has 0 bridgehead atoms. The number of aryl methyl sites for hydroxylation is 2. The van der Waals surface area contributed by atoms with Gasteiger partial charge in [-0.3, -0.25) is 10.1 Å². The van der Waals surface area contributed by atoms with Crippen molar-refractivity contribution in [3.05, 3.63) is 41.0 Å². The van der Waals surface area contributed by atoms with E-state index in [1.165, 1.54) is 11.3 Å². The van der Waals surface area contributed by atoms with Gasteiger partial charge in [0.05, 0.1) is 0 Å². The third kappa shape index (κ3) is 2.22. The van der Waals surface area contributed by atoms with Crippen LogP contribution in [-0.2, 0) is 7.05 Å². The number of amides is 1. The Morgan fingerprint density at radius 3 is 2.89 bits per heavy atom. The van der Waals surface area contributed by atoms with Crippen LogP contribution in [0.25, 0.3) is 10.9 Å². The minimum absolute atomic E-state index is 0.165. The highest BCUT2D eigenvalue weighted by molar-refractivity contribution is 7.15. The first-order chi connectivity index (χ1) is 9.13. The predicted octanol–water partition coefficient (Wildman–Crippen LogP) is 2.59. The molecule has 2 aromatic heterocycles. The largest absolute Gasteiger partial charge is 0.351 e. The van der Waals surface area contributed by atoms with Gasteiger partial charge >= 0.3 is 0 Å². The monoisotopic (exact) mass is 272 g/mol. The average Bonchev–Trinajstić information content (AvgIpc) is 2.96. The Hall–Kier alpha value is -2.21. The van der Waals surface area contributed by atoms with Gasteiger partial charge in [0.25, 0.3) is 5.91 Å². The van der Waals surface area contributed by atoms with Crippen LogP contribution in [-0.4, -0.2) is 20.7 Å². The van der Waals surface area contributed by atoms with E-state index in [0.29, 0.717) is 10.7 Å². The molecule has 19 heavy (non-hydrogen) atoms. The van der Waals surface area contributed by atoms with Gasteiger partial charge in [-0.25, -0.2) is 0 Å². The lowest BCUT2D eigenvalue weighted by molar-refractivity contribution is 0.102. The average molecular weight is 272 g/mol. The number of anilines is 1. The standard InChI is InChI=1S/C13H12N4OS/c1-8-15-16-13(19-8)14-12(18)10-3-4-11-9(7-10)5-6-17(11)2/h3-7H,1-2H3,(H,14,16,18). The van der Waals surface area contributed by atoms with E-state index in [1.807, 2.05) is 49.0 Å². The molecular formula is C13H12N4OS. The first-order valence-corrected chi connectivity index (χ1v) is 6.62. The second-order valence-corrected chi connectivity index (χ2v) is 5.46. The van der Waals surface area contributed by atoms with Gasteiger partial charge in [-0.2, -0.15) is 0 Å². The molecule has 96 valence electrons. The number of carbonyl (C=O) groups is 1. The lowest BCUT2D eigenvalue weighted by Gasteiger charge is -2.02. The lowest BCUT2D eigenvalue weighted by Crippen LogP contribution is -2.11. The molecule has 0 aliphatic carbocycles. The third-order valence-corrected chi connectivity index (χ3v) is 3.65. The summed E-state index contributed by atoms with van der Waals surface area (Å²) in [6.07, 6.45) is 1.97. The van der Waals surface area contributed by atoms with Crippen molar-refractivity contribution in [2.75, 3.05) is 5.32 Å². The van der Waals surface area contributed by atoms with Crippen LogP contribution in [0.4, 0.5) is 5.13 Å². The van der Waals surface area contributed by atoms with E-state index in [1.54, 1.807) is 0 Å². The van der Waals surface area contributed by atoms with Gasteiger partial charge in [-0.05, 0) is 31.2 Å². The van der Waals surface area contributed by atoms with Gasteiger partial charge in [0.15, 0.2) is 0 Å². The SMILES string of the molecule is Cc1nnc(NC(=O)c2ccc3c(ccn3C)c2)s1. The van der Waals surface area contributed by atoms with Crippen molar-refractivity contribution >= 4 is 33.3 Å². The molecular weight excluding hydrogens is 260 g/mol. The number of hydrogen-bond donors (Lipinski definition) is 1. The van der Waals surface area contributed by atoms with E-state index in [2.05, 4.69) is 15.5 Å². The van der Waals surface area contributed by atoms with Crippen molar-refractivity contribution in [1.29, 1.82) is 0 Å². The number of nitrogens with one attached hydrogen (secondary N) is 1. The smallest absolute Gasteiger partial charge is 0.257 e. The fourth-order valence-corrected chi connectivity index (χ4v) is 2.53. The van der Waals surface area contributed by atoms with E-state index >= 15 is 0 Å². The van der Waals surface area contributed by atoms with Crippen molar-refractivity contribution in [2.24, 2.45) is 7.05 Å². The summed E-state index contributed by atoms with van der Waals surface area (Å²) in [7, 11) is 1.98. The Morgan fingerprint density at radius 2 is 2.16 bits per heavy atom. The predicted molar refractivity (Wildman–Crippen MR) is 75.5 cm³/mol. The molecule has 0 saturated heterocycles. The number of fused-ring (bicyclic) bond motifs is 1. The normalized spacial score (nSPS) is 10.8. The molecule has 0 saturated carbocycles. The fraction of sp³-hybridized carbons (Fsp3) is 0.154. The van der Waals surface area contributed by atoms with Crippen LogP contribution in [0.15, 0.2) is 30.5 Å². The van der Waals surface area contributed by atoms with Gasteiger partial charge in [0.1, 0.15) is 5.01 Å². The molecule has 0 spiro atoms. The summed E-state index contributed by atoms with van der Waals surface area (Å²) < 4.78 is 2.02. The highest BCUT2D eigenvalue weighted by Crippen LogP contribution is 2.19. The second kappa shape index (κ2) is 4.47. The van der Waals surface area contributed by atoms with E-state index in [-0.39, 0.29) is 5.91 Å². The summed E-state index contributed by atoms with van der Waals surface area (Å²) in [6.45, 7) is 1.85. The highest BCUT2D eigenvalue weighted by Gasteiger charge is 2.10. The molecule has 0 atom stereocenters. The number of nitrogens with zero attached hydrogens (tertiary/aromatic N) is 3. The molecule has 1 amide bonds. The first kappa shape index (κ1) is 11.9. The van der Waals surface area contributed by atoms with Crippen LogP contribution >= 0.6 is 11.3 Å². The molecule has 1 aromatic carbocycles. The lowest BCUT2D eigenvalue weighted by atomic mass is 10.1. The molecule has 1 N–H and O–H groups in total. The summed E-state index contributed by atoms with van der Waals surface area (Å²) in [4.78, 5) is 12.1. The van der Waals surface area contributed by atoms with Crippen molar-refractivity contribution in [2.45, 2.75) is 6.92 Å². The molecule has 0 aliphatic rings. The maximum atomic E-state index is 12.1.